The molecule has 0 saturated carbocycles. The zero-order valence-electron chi connectivity index (χ0n) is 10.3. The van der Waals surface area contributed by atoms with Gasteiger partial charge in [-0.1, -0.05) is 6.07 Å². The number of halogens is 2. The molecule has 3 nitrogen and oxygen atoms in total. The van der Waals surface area contributed by atoms with Crippen molar-refractivity contribution >= 4 is 11.4 Å². The van der Waals surface area contributed by atoms with Gasteiger partial charge in [0, 0.05) is 14.1 Å². The minimum absolute atomic E-state index is 0. The Morgan fingerprint density at radius 1 is 0.941 bits per heavy atom. The van der Waals surface area contributed by atoms with Gasteiger partial charge < -0.3 is 24.8 Å². The number of aromatic nitrogens is 1. The molecule has 0 aliphatic heterocycles. The molecule has 93 valence electrons. The van der Waals surface area contributed by atoms with Crippen LogP contribution in [0, 0.1) is 0 Å². The summed E-state index contributed by atoms with van der Waals surface area (Å²) in [6.45, 7) is 3.90. The fourth-order valence-corrected chi connectivity index (χ4v) is 1.07. The number of rotatable bonds is 2. The number of hydrogen-bond donors (Lipinski definition) is 0. The van der Waals surface area contributed by atoms with E-state index in [1.54, 1.807) is 14.1 Å². The third-order valence-corrected chi connectivity index (χ3v) is 2.16. The Labute approximate surface area is 127 Å². The van der Waals surface area contributed by atoms with E-state index in [-0.39, 0.29) is 43.4 Å². The van der Waals surface area contributed by atoms with E-state index in [1.807, 2.05) is 32.0 Å². The van der Waals surface area contributed by atoms with E-state index in [0.29, 0.717) is 0 Å². The standard InChI is InChI=1S/C11H15N3.2ClH.V/c1-8(12-3)10-6-5-7-11(14-10)9(2)13-4;;;/h5-7H,1-4H3;2*1H;/q;;;+2/p-2. The van der Waals surface area contributed by atoms with Crippen LogP contribution in [0.5, 0.6) is 0 Å². The Balaban J connectivity index is -0.000000653. The van der Waals surface area contributed by atoms with Crippen molar-refractivity contribution in [2.45, 2.75) is 13.8 Å². The molecule has 0 fully saturated rings. The van der Waals surface area contributed by atoms with Gasteiger partial charge in [-0.25, -0.2) is 4.98 Å². The summed E-state index contributed by atoms with van der Waals surface area (Å²) in [4.78, 5) is 12.7. The SMILES string of the molecule is CN=C(C)c1cccc(C(C)=NC)n1.[Cl-].[Cl-].[V+2]. The second-order valence-electron chi connectivity index (χ2n) is 3.03. The van der Waals surface area contributed by atoms with Gasteiger partial charge in [-0.3, -0.25) is 9.98 Å². The first kappa shape index (κ1) is 21.9. The van der Waals surface area contributed by atoms with E-state index in [4.69, 9.17) is 0 Å². The van der Waals surface area contributed by atoms with Gasteiger partial charge in [-0.15, -0.1) is 0 Å². The molecule has 1 aromatic heterocycles. The Bertz CT molecular complexity index is 359. The second-order valence-corrected chi connectivity index (χ2v) is 3.03. The zero-order valence-corrected chi connectivity index (χ0v) is 13.2. The van der Waals surface area contributed by atoms with Crippen molar-refractivity contribution in [3.8, 4) is 0 Å². The number of aliphatic imine (C=N–C) groups is 2. The van der Waals surface area contributed by atoms with Crippen LogP contribution in [0.15, 0.2) is 28.2 Å². The maximum absolute atomic E-state index is 4.45. The van der Waals surface area contributed by atoms with Crippen LogP contribution in [-0.2, 0) is 18.6 Å². The zero-order chi connectivity index (χ0) is 10.6. The summed E-state index contributed by atoms with van der Waals surface area (Å²) < 4.78 is 0. The van der Waals surface area contributed by atoms with Crippen LogP contribution in [0.2, 0.25) is 0 Å². The van der Waals surface area contributed by atoms with Gasteiger partial charge in [-0.05, 0) is 26.0 Å². The molecule has 0 spiro atoms. The molecule has 0 aliphatic rings. The molecule has 1 radical (unpaired) electrons. The largest absolute Gasteiger partial charge is 2.00 e. The topological polar surface area (TPSA) is 37.6 Å². The summed E-state index contributed by atoms with van der Waals surface area (Å²) in [5, 5.41) is 0. The summed E-state index contributed by atoms with van der Waals surface area (Å²) in [7, 11) is 3.54. The molecule has 0 amide bonds. The number of nitrogens with zero attached hydrogens (tertiary/aromatic N) is 3. The fraction of sp³-hybridized carbons (Fsp3) is 0.364. The van der Waals surface area contributed by atoms with E-state index in [0.717, 1.165) is 22.8 Å². The summed E-state index contributed by atoms with van der Waals surface area (Å²) in [5.41, 5.74) is 3.70. The van der Waals surface area contributed by atoms with Crippen molar-refractivity contribution in [2.75, 3.05) is 14.1 Å². The quantitative estimate of drug-likeness (QED) is 0.513. The average molecular weight is 311 g/mol. The van der Waals surface area contributed by atoms with Crippen molar-refractivity contribution in [2.24, 2.45) is 9.98 Å². The fourth-order valence-electron chi connectivity index (χ4n) is 1.07. The van der Waals surface area contributed by atoms with Crippen LogP contribution in [0.4, 0.5) is 0 Å². The van der Waals surface area contributed by atoms with E-state index in [9.17, 15) is 0 Å². The average Bonchev–Trinajstić information content (AvgIpc) is 2.27. The van der Waals surface area contributed by atoms with E-state index in [1.165, 1.54) is 0 Å². The van der Waals surface area contributed by atoms with Crippen LogP contribution < -0.4 is 24.8 Å². The molecule has 6 heteroatoms. The molecule has 1 rings (SSSR count). The van der Waals surface area contributed by atoms with Crippen LogP contribution in [0.1, 0.15) is 25.2 Å². The first-order chi connectivity index (χ1) is 6.69. The van der Waals surface area contributed by atoms with Gasteiger partial charge >= 0.3 is 18.6 Å². The summed E-state index contributed by atoms with van der Waals surface area (Å²) >= 11 is 0. The monoisotopic (exact) mass is 310 g/mol. The molecule has 0 atom stereocenters. The van der Waals surface area contributed by atoms with E-state index in [2.05, 4.69) is 15.0 Å². The van der Waals surface area contributed by atoms with Gasteiger partial charge in [-0.2, -0.15) is 0 Å². The molecule has 0 unspecified atom stereocenters. The third kappa shape index (κ3) is 6.22. The van der Waals surface area contributed by atoms with Crippen LogP contribution >= 0.6 is 0 Å². The summed E-state index contributed by atoms with van der Waals surface area (Å²) in [6, 6.07) is 5.88. The maximum atomic E-state index is 4.45. The Morgan fingerprint density at radius 2 is 1.29 bits per heavy atom. The van der Waals surface area contributed by atoms with Gasteiger partial charge in [0.15, 0.2) is 0 Å². The molecule has 0 N–H and O–H groups in total. The van der Waals surface area contributed by atoms with Gasteiger partial charge in [0.05, 0.1) is 22.8 Å². The molecular formula is C11H15Cl2N3V. The van der Waals surface area contributed by atoms with Gasteiger partial charge in [0.25, 0.3) is 0 Å². The minimum atomic E-state index is 0. The molecule has 0 aliphatic carbocycles. The predicted molar refractivity (Wildman–Crippen MR) is 60.5 cm³/mol. The van der Waals surface area contributed by atoms with Gasteiger partial charge in [0.2, 0.25) is 0 Å². The summed E-state index contributed by atoms with van der Waals surface area (Å²) in [6.07, 6.45) is 0. The van der Waals surface area contributed by atoms with Crippen molar-refractivity contribution in [3.05, 3.63) is 29.6 Å². The van der Waals surface area contributed by atoms with E-state index >= 15 is 0 Å². The maximum Gasteiger partial charge on any atom is 2.00 e. The third-order valence-electron chi connectivity index (χ3n) is 2.16. The minimum Gasteiger partial charge on any atom is -1.00 e. The molecule has 0 aromatic carbocycles. The molecule has 1 aromatic rings. The molecular weight excluding hydrogens is 296 g/mol. The van der Waals surface area contributed by atoms with Crippen molar-refractivity contribution in [1.29, 1.82) is 0 Å². The first-order valence-corrected chi connectivity index (χ1v) is 4.53. The Morgan fingerprint density at radius 3 is 1.59 bits per heavy atom. The van der Waals surface area contributed by atoms with Crippen LogP contribution in [-0.4, -0.2) is 30.5 Å². The molecule has 0 saturated heterocycles. The van der Waals surface area contributed by atoms with Gasteiger partial charge in [0.1, 0.15) is 0 Å². The molecule has 1 heterocycles. The second kappa shape index (κ2) is 10.8. The normalized spacial score (nSPS) is 10.8. The van der Waals surface area contributed by atoms with Crippen molar-refractivity contribution in [1.82, 2.24) is 4.98 Å². The van der Waals surface area contributed by atoms with Crippen LogP contribution in [0.3, 0.4) is 0 Å². The Kier molecular flexibility index (Phi) is 13.9. The molecule has 0 bridgehead atoms. The first-order valence-electron chi connectivity index (χ1n) is 4.53. The number of pyridine rings is 1. The smallest absolute Gasteiger partial charge is 1.00 e. The number of hydrogen-bond acceptors (Lipinski definition) is 3. The Hall–Kier alpha value is -0.346. The van der Waals surface area contributed by atoms with E-state index < -0.39 is 0 Å². The predicted octanol–water partition coefficient (Wildman–Crippen LogP) is -4.04. The molecule has 17 heavy (non-hydrogen) atoms. The van der Waals surface area contributed by atoms with Crippen LogP contribution in [0.25, 0.3) is 0 Å². The summed E-state index contributed by atoms with van der Waals surface area (Å²) in [5.74, 6) is 0. The van der Waals surface area contributed by atoms with Crippen molar-refractivity contribution in [3.63, 3.8) is 0 Å². The van der Waals surface area contributed by atoms with Crippen molar-refractivity contribution < 1.29 is 43.4 Å².